The van der Waals surface area contributed by atoms with E-state index in [2.05, 4.69) is 6.07 Å². The second-order valence-corrected chi connectivity index (χ2v) is 10.6. The molecule has 198 valence electrons. The van der Waals surface area contributed by atoms with E-state index >= 15 is 0 Å². The summed E-state index contributed by atoms with van der Waals surface area (Å²) in [5.41, 5.74) is 4.11. The molecule has 1 N–H and O–H groups in total. The van der Waals surface area contributed by atoms with Gasteiger partial charge in [0.25, 0.3) is 0 Å². The number of rotatable bonds is 6. The van der Waals surface area contributed by atoms with Crippen LogP contribution in [0.1, 0.15) is 55.7 Å². The Morgan fingerprint density at radius 3 is 2.66 bits per heavy atom. The maximum atomic E-state index is 13.9. The number of aryl methyl sites for hydroxylation is 2. The molecule has 4 aromatic rings. The van der Waals surface area contributed by atoms with Gasteiger partial charge in [-0.15, -0.1) is 0 Å². The second kappa shape index (κ2) is 9.83. The van der Waals surface area contributed by atoms with Crippen molar-refractivity contribution in [1.29, 1.82) is 0 Å². The fourth-order valence-corrected chi connectivity index (χ4v) is 5.03. The fourth-order valence-electron chi connectivity index (χ4n) is 5.03. The van der Waals surface area contributed by atoms with E-state index in [1.165, 1.54) is 12.1 Å². The Labute approximate surface area is 219 Å². The molecule has 1 aliphatic rings. The molecule has 1 atom stereocenters. The lowest BCUT2D eigenvalue weighted by molar-refractivity contribution is -0.160. The van der Waals surface area contributed by atoms with E-state index < -0.39 is 29.3 Å². The lowest BCUT2D eigenvalue weighted by Crippen LogP contribution is -2.28. The minimum absolute atomic E-state index is 0.269. The molecule has 38 heavy (non-hydrogen) atoms. The van der Waals surface area contributed by atoms with Gasteiger partial charge in [0, 0.05) is 34.9 Å². The van der Waals surface area contributed by atoms with Crippen LogP contribution in [0, 0.1) is 18.6 Å². The molecule has 2 aromatic heterocycles. The van der Waals surface area contributed by atoms with Gasteiger partial charge in [-0.05, 0) is 87.6 Å². The molecule has 2 aromatic carbocycles. The highest BCUT2D eigenvalue weighted by Crippen LogP contribution is 2.41. The molecule has 0 radical (unpaired) electrons. The summed E-state index contributed by atoms with van der Waals surface area (Å²) in [4.78, 5) is 17.3. The molecule has 0 spiro atoms. The molecule has 0 fully saturated rings. The van der Waals surface area contributed by atoms with Gasteiger partial charge in [0.1, 0.15) is 11.4 Å². The van der Waals surface area contributed by atoms with Gasteiger partial charge in [-0.3, -0.25) is 0 Å². The summed E-state index contributed by atoms with van der Waals surface area (Å²) in [6, 6.07) is 11.6. The second-order valence-electron chi connectivity index (χ2n) is 10.6. The Balaban J connectivity index is 1.73. The maximum absolute atomic E-state index is 13.9. The quantitative estimate of drug-likeness (QED) is 0.310. The first-order chi connectivity index (χ1) is 18.0. The van der Waals surface area contributed by atoms with Crippen LogP contribution < -0.4 is 4.74 Å². The van der Waals surface area contributed by atoms with E-state index in [9.17, 15) is 18.7 Å². The lowest BCUT2D eigenvalue weighted by Gasteiger charge is -2.28. The van der Waals surface area contributed by atoms with Crippen LogP contribution in [-0.2, 0) is 22.5 Å². The van der Waals surface area contributed by atoms with Gasteiger partial charge < -0.3 is 19.1 Å². The Morgan fingerprint density at radius 1 is 1.16 bits per heavy atom. The number of carboxylic acids is 1. The molecule has 8 heteroatoms. The van der Waals surface area contributed by atoms with Gasteiger partial charge in [0.15, 0.2) is 17.7 Å². The zero-order chi connectivity index (χ0) is 27.2. The number of hydrogen-bond acceptors (Lipinski definition) is 4. The monoisotopic (exact) mass is 520 g/mol. The number of nitrogens with zero attached hydrogens (tertiary/aromatic N) is 2. The third kappa shape index (κ3) is 5.00. The predicted octanol–water partition coefficient (Wildman–Crippen LogP) is 6.60. The largest absolute Gasteiger partial charge is 0.493 e. The van der Waals surface area contributed by atoms with Crippen molar-refractivity contribution < 1.29 is 28.2 Å². The van der Waals surface area contributed by atoms with E-state index in [0.29, 0.717) is 29.1 Å². The number of ether oxygens (including phenoxy) is 2. The first-order valence-electron chi connectivity index (χ1n) is 12.6. The molecule has 5 rings (SSSR count). The first-order valence-corrected chi connectivity index (χ1v) is 12.6. The highest BCUT2D eigenvalue weighted by molar-refractivity contribution is 5.98. The topological polar surface area (TPSA) is 73.6 Å². The summed E-state index contributed by atoms with van der Waals surface area (Å²) >= 11 is 0. The molecule has 1 aliphatic heterocycles. The van der Waals surface area contributed by atoms with Gasteiger partial charge in [-0.25, -0.2) is 18.6 Å². The number of carbonyl (C=O) groups is 1. The van der Waals surface area contributed by atoms with Crippen LogP contribution in [-0.4, -0.2) is 32.8 Å². The number of hydrogen-bond donors (Lipinski definition) is 1. The molecule has 0 amide bonds. The number of aromatic nitrogens is 2. The highest BCUT2D eigenvalue weighted by atomic mass is 19.2. The molecule has 6 nitrogen and oxygen atoms in total. The number of pyridine rings is 1. The van der Waals surface area contributed by atoms with Crippen molar-refractivity contribution >= 4 is 17.0 Å². The molecule has 0 bridgehead atoms. The zero-order valence-corrected chi connectivity index (χ0v) is 21.8. The lowest BCUT2D eigenvalue weighted by atomic mass is 9.90. The number of aliphatic carboxylic acids is 1. The summed E-state index contributed by atoms with van der Waals surface area (Å²) in [5.74, 6) is -2.08. The zero-order valence-electron chi connectivity index (χ0n) is 21.8. The van der Waals surface area contributed by atoms with E-state index in [-0.39, 0.29) is 6.54 Å². The van der Waals surface area contributed by atoms with Crippen LogP contribution >= 0.6 is 0 Å². The Hall–Kier alpha value is -3.78. The van der Waals surface area contributed by atoms with E-state index in [1.807, 2.05) is 49.7 Å². The summed E-state index contributed by atoms with van der Waals surface area (Å²) < 4.78 is 41.1. The standard InChI is InChI=1S/C30H30F2N2O4/c1-17-25(27(29(35)36)38-30(2,3)4)26(20-8-10-24-19(15-20)6-5-13-37-24)21-11-12-34(28(21)33-17)16-18-7-9-22(31)23(32)14-18/h7-12,14-15,27H,5-6,13,16H2,1-4H3,(H,35,36)/t27-/m1/s1. The Morgan fingerprint density at radius 2 is 1.95 bits per heavy atom. The van der Waals surface area contributed by atoms with Crippen molar-refractivity contribution in [3.05, 3.63) is 82.7 Å². The van der Waals surface area contributed by atoms with Crippen LogP contribution in [0.15, 0.2) is 48.7 Å². The third-order valence-electron chi connectivity index (χ3n) is 6.63. The average Bonchev–Trinajstić information content (AvgIpc) is 3.25. The molecule has 0 unspecified atom stereocenters. The SMILES string of the molecule is Cc1nc2c(ccn2Cc2ccc(F)c(F)c2)c(-c2ccc3c(c2)CCCO3)c1[C@@H](OC(C)(C)C)C(=O)O. The van der Waals surface area contributed by atoms with Crippen LogP contribution in [0.25, 0.3) is 22.2 Å². The molecule has 0 aliphatic carbocycles. The highest BCUT2D eigenvalue weighted by Gasteiger charge is 2.33. The van der Waals surface area contributed by atoms with Gasteiger partial charge >= 0.3 is 5.97 Å². The predicted molar refractivity (Wildman–Crippen MR) is 140 cm³/mol. The van der Waals surface area contributed by atoms with Gasteiger partial charge in [0.05, 0.1) is 12.2 Å². The third-order valence-corrected chi connectivity index (χ3v) is 6.63. The van der Waals surface area contributed by atoms with Crippen LogP contribution in [0.5, 0.6) is 5.75 Å². The van der Waals surface area contributed by atoms with Crippen molar-refractivity contribution in [1.82, 2.24) is 9.55 Å². The van der Waals surface area contributed by atoms with E-state index in [0.717, 1.165) is 46.7 Å². The summed E-state index contributed by atoms with van der Waals surface area (Å²) in [7, 11) is 0. The summed E-state index contributed by atoms with van der Waals surface area (Å²) in [6.45, 7) is 8.17. The smallest absolute Gasteiger partial charge is 0.337 e. The number of carboxylic acid groups (broad SMARTS) is 1. The molecule has 0 saturated carbocycles. The van der Waals surface area contributed by atoms with Gasteiger partial charge in [0.2, 0.25) is 0 Å². The molecular weight excluding hydrogens is 490 g/mol. The van der Waals surface area contributed by atoms with Crippen molar-refractivity contribution in [3.8, 4) is 16.9 Å². The Bertz CT molecular complexity index is 1540. The molecule has 3 heterocycles. The van der Waals surface area contributed by atoms with E-state index in [1.54, 1.807) is 6.92 Å². The summed E-state index contributed by atoms with van der Waals surface area (Å²) in [6.07, 6.45) is 2.35. The van der Waals surface area contributed by atoms with E-state index in [4.69, 9.17) is 14.5 Å². The Kier molecular flexibility index (Phi) is 6.69. The average molecular weight is 521 g/mol. The van der Waals surface area contributed by atoms with Gasteiger partial charge in [-0.2, -0.15) is 0 Å². The number of fused-ring (bicyclic) bond motifs is 2. The first kappa shape index (κ1) is 25.9. The van der Waals surface area contributed by atoms with Crippen molar-refractivity contribution in [3.63, 3.8) is 0 Å². The van der Waals surface area contributed by atoms with Crippen molar-refractivity contribution in [2.24, 2.45) is 0 Å². The summed E-state index contributed by atoms with van der Waals surface area (Å²) in [5, 5.41) is 11.0. The van der Waals surface area contributed by atoms with Crippen molar-refractivity contribution in [2.75, 3.05) is 6.61 Å². The minimum atomic E-state index is -1.25. The van der Waals surface area contributed by atoms with Crippen molar-refractivity contribution in [2.45, 2.75) is 58.8 Å². The molecular formula is C30H30F2N2O4. The van der Waals surface area contributed by atoms with Crippen LogP contribution in [0.4, 0.5) is 8.78 Å². The number of benzene rings is 2. The van der Waals surface area contributed by atoms with Gasteiger partial charge in [-0.1, -0.05) is 12.1 Å². The van der Waals surface area contributed by atoms with Crippen LogP contribution in [0.3, 0.4) is 0 Å². The minimum Gasteiger partial charge on any atom is -0.493 e. The fraction of sp³-hybridized carbons (Fsp3) is 0.333. The molecule has 0 saturated heterocycles. The number of halogens is 2. The maximum Gasteiger partial charge on any atom is 0.337 e. The normalized spacial score (nSPS) is 14.3. The van der Waals surface area contributed by atoms with Crippen LogP contribution in [0.2, 0.25) is 0 Å².